The van der Waals surface area contributed by atoms with Crippen molar-refractivity contribution in [2.75, 3.05) is 16.2 Å². The Kier molecular flexibility index (Phi) is 8.01. The van der Waals surface area contributed by atoms with Gasteiger partial charge in [0.05, 0.1) is 21.8 Å². The second-order valence-corrected chi connectivity index (χ2v) is 9.54. The topological polar surface area (TPSA) is 95.6 Å². The molecule has 178 valence electrons. The predicted molar refractivity (Wildman–Crippen MR) is 130 cm³/mol. The average molecular weight is 484 g/mol. The lowest BCUT2D eigenvalue weighted by atomic mass is 10.1. The molecule has 3 rings (SSSR count). The molecule has 9 heteroatoms. The summed E-state index contributed by atoms with van der Waals surface area (Å²) in [5.41, 5.74) is 0.642. The van der Waals surface area contributed by atoms with E-state index in [4.69, 9.17) is 0 Å². The maximum absolute atomic E-state index is 13.5. The number of nitrogens with zero attached hydrogens (tertiary/aromatic N) is 1. The average Bonchev–Trinajstić information content (AvgIpc) is 2.84. The third-order valence-corrected chi connectivity index (χ3v) is 6.96. The van der Waals surface area contributed by atoms with Crippen LogP contribution in [0, 0.1) is 5.82 Å². The number of carbonyl (C=O) groups excluding carboxylic acids is 2. The van der Waals surface area contributed by atoms with Crippen molar-refractivity contribution in [2.45, 2.75) is 31.2 Å². The first-order chi connectivity index (χ1) is 16.2. The summed E-state index contributed by atoms with van der Waals surface area (Å²) in [7, 11) is -4.13. The summed E-state index contributed by atoms with van der Waals surface area (Å²) in [6, 6.07) is 18.9. The molecule has 1 unspecified atom stereocenters. The van der Waals surface area contributed by atoms with Crippen molar-refractivity contribution in [1.29, 1.82) is 0 Å². The minimum atomic E-state index is -4.13. The molecule has 0 heterocycles. The summed E-state index contributed by atoms with van der Waals surface area (Å²) in [6.45, 7) is 3.23. The molecule has 3 aromatic carbocycles. The molecule has 1 atom stereocenters. The van der Waals surface area contributed by atoms with Crippen LogP contribution in [-0.4, -0.2) is 32.8 Å². The van der Waals surface area contributed by atoms with Gasteiger partial charge in [0.25, 0.3) is 15.9 Å². The van der Waals surface area contributed by atoms with Crippen LogP contribution in [0.15, 0.2) is 83.8 Å². The highest BCUT2D eigenvalue weighted by molar-refractivity contribution is 7.92. The zero-order valence-corrected chi connectivity index (χ0v) is 19.7. The summed E-state index contributed by atoms with van der Waals surface area (Å²) in [4.78, 5) is 25.6. The molecule has 0 spiro atoms. The van der Waals surface area contributed by atoms with Crippen LogP contribution in [0.25, 0.3) is 0 Å². The lowest BCUT2D eigenvalue weighted by Gasteiger charge is -2.24. The number of anilines is 2. The van der Waals surface area contributed by atoms with E-state index in [2.05, 4.69) is 10.6 Å². The van der Waals surface area contributed by atoms with Gasteiger partial charge in [-0.2, -0.15) is 0 Å². The van der Waals surface area contributed by atoms with Crippen LogP contribution in [0.5, 0.6) is 0 Å². The number of amides is 2. The van der Waals surface area contributed by atoms with Crippen LogP contribution < -0.4 is 14.9 Å². The van der Waals surface area contributed by atoms with Gasteiger partial charge in [0.1, 0.15) is 12.4 Å². The highest BCUT2D eigenvalue weighted by Crippen LogP contribution is 2.24. The fourth-order valence-electron chi connectivity index (χ4n) is 3.16. The molecule has 34 heavy (non-hydrogen) atoms. The molecule has 2 N–H and O–H groups in total. The molecule has 0 aromatic heterocycles. The van der Waals surface area contributed by atoms with E-state index in [1.54, 1.807) is 42.5 Å². The highest BCUT2D eigenvalue weighted by Gasteiger charge is 2.27. The Morgan fingerprint density at radius 2 is 1.56 bits per heavy atom. The fourth-order valence-corrected chi connectivity index (χ4v) is 4.60. The van der Waals surface area contributed by atoms with Crippen molar-refractivity contribution < 1.29 is 22.4 Å². The number of nitrogens with one attached hydrogen (secondary N) is 2. The van der Waals surface area contributed by atoms with Gasteiger partial charge in [-0.25, -0.2) is 12.8 Å². The molecule has 0 aliphatic carbocycles. The molecule has 0 radical (unpaired) electrons. The van der Waals surface area contributed by atoms with Crippen LogP contribution in [0.3, 0.4) is 0 Å². The normalized spacial score (nSPS) is 12.0. The van der Waals surface area contributed by atoms with E-state index in [9.17, 15) is 22.4 Å². The summed E-state index contributed by atoms with van der Waals surface area (Å²) in [5.74, 6) is -1.54. The molecule has 0 bridgehead atoms. The second-order valence-electron chi connectivity index (χ2n) is 7.68. The third-order valence-electron chi connectivity index (χ3n) is 5.17. The molecule has 0 saturated carbocycles. The van der Waals surface area contributed by atoms with E-state index in [0.29, 0.717) is 0 Å². The number of benzene rings is 3. The summed E-state index contributed by atoms with van der Waals surface area (Å²) in [5, 5.41) is 5.48. The minimum Gasteiger partial charge on any atom is -0.350 e. The summed E-state index contributed by atoms with van der Waals surface area (Å²) >= 11 is 0. The van der Waals surface area contributed by atoms with Crippen LogP contribution >= 0.6 is 0 Å². The number of halogens is 1. The Morgan fingerprint density at radius 1 is 0.941 bits per heavy atom. The summed E-state index contributed by atoms with van der Waals surface area (Å²) < 4.78 is 41.0. The molecular formula is C25H26FN3O4S. The Morgan fingerprint density at radius 3 is 2.21 bits per heavy atom. The van der Waals surface area contributed by atoms with E-state index >= 15 is 0 Å². The Hall–Kier alpha value is -3.72. The lowest BCUT2D eigenvalue weighted by molar-refractivity contribution is -0.114. The molecule has 3 aromatic rings. The van der Waals surface area contributed by atoms with E-state index in [0.717, 1.165) is 22.9 Å². The Balaban J connectivity index is 1.89. The number of sulfonamides is 1. The number of carbonyl (C=O) groups is 2. The van der Waals surface area contributed by atoms with Crippen LogP contribution in [0.2, 0.25) is 0 Å². The lowest BCUT2D eigenvalue weighted by Crippen LogP contribution is -2.38. The standard InChI is InChI=1S/C25H26FN3O4S/c1-3-18(2)27-25(31)22-11-7-8-12-23(22)28-24(30)17-29(20-15-13-19(26)14-16-20)34(32,33)21-9-5-4-6-10-21/h4-16,18H,3,17H2,1-2H3,(H,27,31)(H,28,30). The Bertz CT molecular complexity index is 1250. The maximum Gasteiger partial charge on any atom is 0.264 e. The fraction of sp³-hybridized carbons (Fsp3) is 0.200. The quantitative estimate of drug-likeness (QED) is 0.477. The van der Waals surface area contributed by atoms with Gasteiger partial charge in [0, 0.05) is 6.04 Å². The molecule has 0 aliphatic rings. The monoisotopic (exact) mass is 483 g/mol. The molecule has 0 fully saturated rings. The van der Waals surface area contributed by atoms with Crippen molar-refractivity contribution in [3.8, 4) is 0 Å². The second kappa shape index (κ2) is 10.9. The van der Waals surface area contributed by atoms with E-state index < -0.39 is 28.3 Å². The van der Waals surface area contributed by atoms with Crippen molar-refractivity contribution in [3.63, 3.8) is 0 Å². The van der Waals surface area contributed by atoms with Gasteiger partial charge >= 0.3 is 0 Å². The van der Waals surface area contributed by atoms with Gasteiger partial charge < -0.3 is 10.6 Å². The first kappa shape index (κ1) is 24.9. The Labute approximate surface area is 198 Å². The number of hydrogen-bond donors (Lipinski definition) is 2. The van der Waals surface area contributed by atoms with E-state index in [1.807, 2.05) is 13.8 Å². The van der Waals surface area contributed by atoms with Gasteiger partial charge in [0.2, 0.25) is 5.91 Å². The van der Waals surface area contributed by atoms with Gasteiger partial charge in [-0.1, -0.05) is 37.3 Å². The zero-order valence-electron chi connectivity index (χ0n) is 18.9. The third kappa shape index (κ3) is 5.99. The van der Waals surface area contributed by atoms with E-state index in [-0.39, 0.29) is 33.8 Å². The van der Waals surface area contributed by atoms with Crippen molar-refractivity contribution in [1.82, 2.24) is 5.32 Å². The van der Waals surface area contributed by atoms with Crippen molar-refractivity contribution in [3.05, 3.63) is 90.2 Å². The SMILES string of the molecule is CCC(C)NC(=O)c1ccccc1NC(=O)CN(c1ccc(F)cc1)S(=O)(=O)c1ccccc1. The van der Waals surface area contributed by atoms with Crippen LogP contribution in [0.1, 0.15) is 30.6 Å². The van der Waals surface area contributed by atoms with Gasteiger partial charge in [-0.05, 0) is 61.9 Å². The van der Waals surface area contributed by atoms with E-state index in [1.165, 1.54) is 24.3 Å². The van der Waals surface area contributed by atoms with Crippen molar-refractivity contribution in [2.24, 2.45) is 0 Å². The first-order valence-electron chi connectivity index (χ1n) is 10.8. The first-order valence-corrected chi connectivity index (χ1v) is 12.2. The molecule has 0 saturated heterocycles. The van der Waals surface area contributed by atoms with Crippen LogP contribution in [0.4, 0.5) is 15.8 Å². The van der Waals surface area contributed by atoms with Gasteiger partial charge in [-0.3, -0.25) is 13.9 Å². The smallest absolute Gasteiger partial charge is 0.264 e. The molecular weight excluding hydrogens is 457 g/mol. The zero-order chi connectivity index (χ0) is 24.7. The molecule has 0 aliphatic heterocycles. The van der Waals surface area contributed by atoms with Crippen LogP contribution in [-0.2, 0) is 14.8 Å². The minimum absolute atomic E-state index is 0.0135. The molecule has 7 nitrogen and oxygen atoms in total. The number of rotatable bonds is 9. The summed E-state index contributed by atoms with van der Waals surface area (Å²) in [6.07, 6.45) is 0.740. The van der Waals surface area contributed by atoms with Crippen molar-refractivity contribution >= 4 is 33.2 Å². The largest absolute Gasteiger partial charge is 0.350 e. The number of hydrogen-bond acceptors (Lipinski definition) is 4. The maximum atomic E-state index is 13.5. The number of para-hydroxylation sites is 1. The predicted octanol–water partition coefficient (Wildman–Crippen LogP) is 4.19. The highest BCUT2D eigenvalue weighted by atomic mass is 32.2. The van der Waals surface area contributed by atoms with Gasteiger partial charge in [-0.15, -0.1) is 0 Å². The van der Waals surface area contributed by atoms with Gasteiger partial charge in [0.15, 0.2) is 0 Å². The molecule has 2 amide bonds.